The number of aromatic amines is 1. The van der Waals surface area contributed by atoms with Crippen molar-refractivity contribution in [2.75, 3.05) is 39.0 Å². The first-order valence-electron chi connectivity index (χ1n) is 18.4. The maximum atomic E-state index is 13.9. The van der Waals surface area contributed by atoms with Crippen LogP contribution in [0.15, 0.2) is 72.8 Å². The summed E-state index contributed by atoms with van der Waals surface area (Å²) in [5.74, 6) is -0.263. The van der Waals surface area contributed by atoms with E-state index in [2.05, 4.69) is 41.9 Å². The number of hydrogen-bond donors (Lipinski definition) is 5. The van der Waals surface area contributed by atoms with Crippen molar-refractivity contribution in [2.24, 2.45) is 11.8 Å². The number of nitrogens with one attached hydrogen (secondary N) is 5. The van der Waals surface area contributed by atoms with Crippen molar-refractivity contribution in [3.63, 3.8) is 0 Å². The van der Waals surface area contributed by atoms with E-state index in [0.29, 0.717) is 43.0 Å². The highest BCUT2D eigenvalue weighted by Crippen LogP contribution is 2.29. The van der Waals surface area contributed by atoms with Gasteiger partial charge in [0.1, 0.15) is 11.6 Å². The first-order chi connectivity index (χ1) is 25.8. The molecule has 286 valence electrons. The van der Waals surface area contributed by atoms with Crippen LogP contribution in [0, 0.1) is 11.8 Å². The van der Waals surface area contributed by atoms with E-state index in [-0.39, 0.29) is 36.0 Å². The molecule has 1 aromatic heterocycles. The fourth-order valence-electron chi connectivity index (χ4n) is 6.33. The molecule has 3 aromatic carbocycles. The van der Waals surface area contributed by atoms with E-state index >= 15 is 0 Å². The number of nitrogens with zero attached hydrogens (tertiary/aromatic N) is 4. The molecule has 54 heavy (non-hydrogen) atoms. The maximum absolute atomic E-state index is 13.9. The molecule has 1 aliphatic rings. The lowest BCUT2D eigenvalue weighted by atomic mass is 9.81. The lowest BCUT2D eigenvalue weighted by molar-refractivity contribution is -0.130. The summed E-state index contributed by atoms with van der Waals surface area (Å²) in [6.07, 6.45) is 2.63. The largest absolute Gasteiger partial charge is 0.444 e. The van der Waals surface area contributed by atoms with Crippen molar-refractivity contribution in [3.05, 3.63) is 83.9 Å². The lowest BCUT2D eigenvalue weighted by Gasteiger charge is -2.29. The van der Waals surface area contributed by atoms with E-state index in [1.165, 1.54) is 0 Å². The second-order valence-electron chi connectivity index (χ2n) is 15.0. The second kappa shape index (κ2) is 18.4. The Kier molecular flexibility index (Phi) is 13.5. The Balaban J connectivity index is 1.27. The smallest absolute Gasteiger partial charge is 0.407 e. The van der Waals surface area contributed by atoms with E-state index in [1.807, 2.05) is 82.2 Å². The number of carbonyl (C=O) groups excluding carboxylic acids is 4. The molecule has 0 bridgehead atoms. The van der Waals surface area contributed by atoms with Crippen LogP contribution in [0.25, 0.3) is 22.5 Å². The lowest BCUT2D eigenvalue weighted by Crippen LogP contribution is -2.48. The molecule has 0 saturated heterocycles. The summed E-state index contributed by atoms with van der Waals surface area (Å²) in [5, 5.41) is 25.9. The SMILES string of the molecule is CN(C)CCNC(=O)c1cccc(-c2cccc(C[C@H](NC(=O)C3CCC(CNC(=O)OC(C)(C)C)CC3)C(=O)Nc3ccc(-c4nn[nH]n4)cc3)c2)c1. The fraction of sp³-hybridized carbons (Fsp3) is 0.425. The average Bonchev–Trinajstić information content (AvgIpc) is 3.69. The van der Waals surface area contributed by atoms with Gasteiger partial charge in [-0.05, 0) is 125 Å². The molecule has 14 heteroatoms. The number of H-pyrrole nitrogens is 1. The van der Waals surface area contributed by atoms with Crippen molar-refractivity contribution < 1.29 is 23.9 Å². The molecule has 1 heterocycles. The molecule has 4 amide bonds. The van der Waals surface area contributed by atoms with Crippen LogP contribution in [-0.4, -0.2) is 94.7 Å². The van der Waals surface area contributed by atoms with Crippen molar-refractivity contribution in [3.8, 4) is 22.5 Å². The topological polar surface area (TPSA) is 183 Å². The number of likely N-dealkylation sites (N-methyl/N-ethyl adjacent to an activating group) is 1. The number of hydrogen-bond acceptors (Lipinski definition) is 9. The van der Waals surface area contributed by atoms with Crippen molar-refractivity contribution in [2.45, 2.75) is 64.5 Å². The quantitative estimate of drug-likeness (QED) is 0.121. The van der Waals surface area contributed by atoms with Gasteiger partial charge >= 0.3 is 6.09 Å². The molecule has 5 N–H and O–H groups in total. The van der Waals surface area contributed by atoms with E-state index in [9.17, 15) is 19.2 Å². The molecule has 0 aliphatic heterocycles. The average molecular weight is 738 g/mol. The van der Waals surface area contributed by atoms with Crippen LogP contribution >= 0.6 is 0 Å². The molecule has 4 aromatic rings. The molecular formula is C40H51N9O5. The van der Waals surface area contributed by atoms with Crippen LogP contribution in [0.3, 0.4) is 0 Å². The zero-order valence-corrected chi connectivity index (χ0v) is 31.6. The van der Waals surface area contributed by atoms with Gasteiger partial charge in [-0.1, -0.05) is 36.4 Å². The highest BCUT2D eigenvalue weighted by atomic mass is 16.6. The van der Waals surface area contributed by atoms with E-state index in [0.717, 1.165) is 41.6 Å². The molecule has 0 spiro atoms. The minimum atomic E-state index is -0.870. The first kappa shape index (κ1) is 39.6. The number of amides is 4. The monoisotopic (exact) mass is 737 g/mol. The standard InChI is InChI=1S/C40H51N9O5/c1-40(2,3)54-39(53)42-25-26-12-14-29(15-13-26)37(51)44-34(38(52)43-33-18-16-28(17-19-33)35-45-47-48-46-35)23-27-8-6-9-30(22-27)31-10-7-11-32(24-31)36(50)41-20-21-49(4)5/h6-11,16-19,22,24,26,29,34H,12-15,20-21,23,25H2,1-5H3,(H,41,50)(H,42,53)(H,43,52)(H,44,51)(H,45,46,47,48)/t26?,29?,34-/m0/s1. The summed E-state index contributed by atoms with van der Waals surface area (Å²) in [5.41, 5.74) is 3.87. The third-order valence-corrected chi connectivity index (χ3v) is 9.21. The first-order valence-corrected chi connectivity index (χ1v) is 18.4. The number of ether oxygens (including phenoxy) is 1. The fourth-order valence-corrected chi connectivity index (χ4v) is 6.33. The van der Waals surface area contributed by atoms with E-state index in [4.69, 9.17) is 4.74 Å². The number of alkyl carbamates (subject to hydrolysis) is 1. The summed E-state index contributed by atoms with van der Waals surface area (Å²) < 4.78 is 5.36. The molecule has 1 atom stereocenters. The summed E-state index contributed by atoms with van der Waals surface area (Å²) in [4.78, 5) is 54.6. The number of aromatic nitrogens is 4. The zero-order valence-electron chi connectivity index (χ0n) is 31.6. The Morgan fingerprint density at radius 3 is 2.26 bits per heavy atom. The van der Waals surface area contributed by atoms with Crippen LogP contribution in [0.1, 0.15) is 62.4 Å². The van der Waals surface area contributed by atoms with Crippen molar-refractivity contribution in [1.82, 2.24) is 41.5 Å². The molecule has 0 radical (unpaired) electrons. The molecule has 14 nitrogen and oxygen atoms in total. The van der Waals surface area contributed by atoms with E-state index < -0.39 is 17.7 Å². The molecular weight excluding hydrogens is 686 g/mol. The van der Waals surface area contributed by atoms with Crippen LogP contribution in [-0.2, 0) is 20.7 Å². The Hall–Kier alpha value is -5.63. The summed E-state index contributed by atoms with van der Waals surface area (Å²) in [6.45, 7) is 7.23. The van der Waals surface area contributed by atoms with Gasteiger partial charge in [-0.25, -0.2) is 4.79 Å². The molecule has 5 rings (SSSR count). The van der Waals surface area contributed by atoms with Gasteiger partial charge in [0.05, 0.1) is 0 Å². The third-order valence-electron chi connectivity index (χ3n) is 9.21. The molecule has 1 aliphatic carbocycles. The molecule has 1 fully saturated rings. The summed E-state index contributed by atoms with van der Waals surface area (Å²) in [6, 6.07) is 21.4. The van der Waals surface area contributed by atoms with Crippen LogP contribution in [0.4, 0.5) is 10.5 Å². The van der Waals surface area contributed by atoms with Gasteiger partial charge in [0, 0.05) is 48.8 Å². The van der Waals surface area contributed by atoms with Gasteiger partial charge in [0.2, 0.25) is 17.6 Å². The van der Waals surface area contributed by atoms with E-state index in [1.54, 1.807) is 30.3 Å². The van der Waals surface area contributed by atoms with Gasteiger partial charge < -0.3 is 30.9 Å². The van der Waals surface area contributed by atoms with Crippen molar-refractivity contribution >= 4 is 29.5 Å². The van der Waals surface area contributed by atoms with Crippen molar-refractivity contribution in [1.29, 1.82) is 0 Å². The Labute approximate surface area is 316 Å². The Morgan fingerprint density at radius 2 is 1.59 bits per heavy atom. The van der Waals surface area contributed by atoms with Gasteiger partial charge in [-0.2, -0.15) is 5.21 Å². The predicted octanol–water partition coefficient (Wildman–Crippen LogP) is 4.82. The van der Waals surface area contributed by atoms with Crippen LogP contribution in [0.2, 0.25) is 0 Å². The Bertz CT molecular complexity index is 1870. The summed E-state index contributed by atoms with van der Waals surface area (Å²) >= 11 is 0. The highest BCUT2D eigenvalue weighted by Gasteiger charge is 2.30. The number of tetrazole rings is 1. The molecule has 0 unspecified atom stereocenters. The normalized spacial score (nSPS) is 16.3. The Morgan fingerprint density at radius 1 is 0.889 bits per heavy atom. The second-order valence-corrected chi connectivity index (χ2v) is 15.0. The zero-order chi connectivity index (χ0) is 38.7. The van der Waals surface area contributed by atoms with Gasteiger partial charge in [-0.15, -0.1) is 10.2 Å². The predicted molar refractivity (Wildman–Crippen MR) is 206 cm³/mol. The maximum Gasteiger partial charge on any atom is 0.407 e. The van der Waals surface area contributed by atoms with Crippen LogP contribution < -0.4 is 21.3 Å². The number of rotatable bonds is 14. The number of anilines is 1. The minimum absolute atomic E-state index is 0.145. The third kappa shape index (κ3) is 12.0. The minimum Gasteiger partial charge on any atom is -0.444 e. The number of carbonyl (C=O) groups is 4. The van der Waals surface area contributed by atoms with Gasteiger partial charge in [0.25, 0.3) is 5.91 Å². The summed E-state index contributed by atoms with van der Waals surface area (Å²) in [7, 11) is 3.91. The van der Waals surface area contributed by atoms with Crippen LogP contribution in [0.5, 0.6) is 0 Å². The molecule has 1 saturated carbocycles. The van der Waals surface area contributed by atoms with Gasteiger partial charge in [0.15, 0.2) is 0 Å². The number of benzene rings is 3. The van der Waals surface area contributed by atoms with Gasteiger partial charge in [-0.3, -0.25) is 14.4 Å². The highest BCUT2D eigenvalue weighted by molar-refractivity contribution is 5.98.